The minimum absolute atomic E-state index is 0.315. The molecule has 0 fully saturated rings. The molecule has 0 aliphatic rings. The van der Waals surface area contributed by atoms with Crippen molar-refractivity contribution in [3.8, 4) is 12.3 Å². The number of terminal acetylenes is 1. The van der Waals surface area contributed by atoms with E-state index in [4.69, 9.17) is 6.42 Å². The molecule has 0 radical (unpaired) electrons. The molecule has 68 valence electrons. The summed E-state index contributed by atoms with van der Waals surface area (Å²) in [5, 5.41) is 9.53. The van der Waals surface area contributed by atoms with Crippen LogP contribution in [0.5, 0.6) is 0 Å². The lowest BCUT2D eigenvalue weighted by Gasteiger charge is -2.08. The zero-order chi connectivity index (χ0) is 9.84. The van der Waals surface area contributed by atoms with Crippen LogP contribution in [-0.2, 0) is 0 Å². The lowest BCUT2D eigenvalue weighted by Crippen LogP contribution is -2.01. The minimum Gasteiger partial charge on any atom is -0.386 e. The summed E-state index contributed by atoms with van der Waals surface area (Å²) in [7, 11) is 0. The maximum atomic E-state index is 9.53. The van der Waals surface area contributed by atoms with Gasteiger partial charge in [-0.15, -0.1) is 12.3 Å². The van der Waals surface area contributed by atoms with E-state index >= 15 is 0 Å². The highest BCUT2D eigenvalue weighted by Gasteiger charge is 2.07. The van der Waals surface area contributed by atoms with Crippen molar-refractivity contribution in [1.29, 1.82) is 0 Å². The summed E-state index contributed by atoms with van der Waals surface area (Å²) in [4.78, 5) is 4.25. The van der Waals surface area contributed by atoms with Crippen LogP contribution in [0.25, 0.3) is 0 Å². The maximum Gasteiger partial charge on any atom is 0.107 e. The quantitative estimate of drug-likeness (QED) is 0.695. The molecule has 1 unspecified atom stereocenters. The third-order valence-corrected chi connectivity index (χ3v) is 2.02. The zero-order valence-corrected chi connectivity index (χ0v) is 7.91. The molecule has 0 aliphatic heterocycles. The van der Waals surface area contributed by atoms with E-state index in [1.165, 1.54) is 0 Å². The molecule has 1 heterocycles. The molecule has 1 N–H and O–H groups in total. The van der Waals surface area contributed by atoms with Crippen molar-refractivity contribution in [2.24, 2.45) is 0 Å². The second kappa shape index (κ2) is 4.06. The fraction of sp³-hybridized carbons (Fsp3) is 0.364. The Hall–Kier alpha value is -1.33. The first-order valence-electron chi connectivity index (χ1n) is 4.21. The first-order chi connectivity index (χ1) is 6.15. The average Bonchev–Trinajstić information content (AvgIpc) is 2.10. The highest BCUT2D eigenvalue weighted by molar-refractivity contribution is 5.21. The third kappa shape index (κ3) is 2.30. The number of rotatable bonds is 2. The molecule has 1 rings (SSSR count). The number of aromatic nitrogens is 1. The summed E-state index contributed by atoms with van der Waals surface area (Å²) in [6.45, 7) is 3.90. The van der Waals surface area contributed by atoms with E-state index in [1.807, 2.05) is 26.0 Å². The second-order valence-corrected chi connectivity index (χ2v) is 3.06. The van der Waals surface area contributed by atoms with E-state index < -0.39 is 6.10 Å². The van der Waals surface area contributed by atoms with Crippen molar-refractivity contribution in [3.05, 3.63) is 29.1 Å². The monoisotopic (exact) mass is 175 g/mol. The lowest BCUT2D eigenvalue weighted by molar-refractivity contribution is 0.179. The molecule has 13 heavy (non-hydrogen) atoms. The molecule has 2 nitrogen and oxygen atoms in total. The Morgan fingerprint density at radius 3 is 2.77 bits per heavy atom. The number of nitrogens with zero attached hydrogens (tertiary/aromatic N) is 1. The van der Waals surface area contributed by atoms with Crippen molar-refractivity contribution < 1.29 is 5.11 Å². The van der Waals surface area contributed by atoms with Crippen LogP contribution in [0.3, 0.4) is 0 Å². The standard InChI is InChI=1S/C11H13NO/c1-4-5-11(13)10-7-6-8(2)9(3)12-10/h1,6-7,11,13H,5H2,2-3H3. The van der Waals surface area contributed by atoms with Crippen LogP contribution in [0.2, 0.25) is 0 Å². The van der Waals surface area contributed by atoms with Gasteiger partial charge in [-0.2, -0.15) is 0 Å². The van der Waals surface area contributed by atoms with E-state index in [9.17, 15) is 5.11 Å². The zero-order valence-electron chi connectivity index (χ0n) is 7.91. The molecule has 0 spiro atoms. The van der Waals surface area contributed by atoms with Gasteiger partial charge in [0, 0.05) is 12.1 Å². The molecule has 0 saturated carbocycles. The van der Waals surface area contributed by atoms with Crippen molar-refractivity contribution in [2.75, 3.05) is 0 Å². The molecule has 1 aromatic rings. The largest absolute Gasteiger partial charge is 0.386 e. The number of hydrogen-bond acceptors (Lipinski definition) is 2. The normalized spacial score (nSPS) is 12.2. The van der Waals surface area contributed by atoms with Gasteiger partial charge in [-0.1, -0.05) is 6.07 Å². The Bertz CT molecular complexity index is 338. The van der Waals surface area contributed by atoms with Crippen LogP contribution in [0.15, 0.2) is 12.1 Å². The van der Waals surface area contributed by atoms with Crippen LogP contribution < -0.4 is 0 Å². The molecule has 0 bridgehead atoms. The Morgan fingerprint density at radius 1 is 1.54 bits per heavy atom. The summed E-state index contributed by atoms with van der Waals surface area (Å²) in [6.07, 6.45) is 4.78. The summed E-state index contributed by atoms with van der Waals surface area (Å²) in [5.74, 6) is 2.41. The molecular formula is C11H13NO. The minimum atomic E-state index is -0.635. The summed E-state index contributed by atoms with van der Waals surface area (Å²) in [5.41, 5.74) is 2.71. The maximum absolute atomic E-state index is 9.53. The Balaban J connectivity index is 2.91. The van der Waals surface area contributed by atoms with Crippen LogP contribution >= 0.6 is 0 Å². The van der Waals surface area contributed by atoms with Gasteiger partial charge >= 0.3 is 0 Å². The fourth-order valence-corrected chi connectivity index (χ4v) is 1.05. The highest BCUT2D eigenvalue weighted by atomic mass is 16.3. The fourth-order valence-electron chi connectivity index (χ4n) is 1.05. The van der Waals surface area contributed by atoms with Gasteiger partial charge in [0.15, 0.2) is 0 Å². The molecule has 0 aromatic carbocycles. The number of aryl methyl sites for hydroxylation is 2. The van der Waals surface area contributed by atoms with Gasteiger partial charge in [0.1, 0.15) is 6.10 Å². The van der Waals surface area contributed by atoms with Gasteiger partial charge < -0.3 is 5.11 Å². The number of aliphatic hydroxyl groups is 1. The van der Waals surface area contributed by atoms with Crippen molar-refractivity contribution in [1.82, 2.24) is 4.98 Å². The van der Waals surface area contributed by atoms with Crippen molar-refractivity contribution >= 4 is 0 Å². The van der Waals surface area contributed by atoms with Gasteiger partial charge in [0.25, 0.3) is 0 Å². The van der Waals surface area contributed by atoms with Gasteiger partial charge in [-0.3, -0.25) is 4.98 Å². The number of hydrogen-bond donors (Lipinski definition) is 1. The van der Waals surface area contributed by atoms with Gasteiger partial charge in [-0.25, -0.2) is 0 Å². The van der Waals surface area contributed by atoms with Gasteiger partial charge in [0.05, 0.1) is 5.69 Å². The SMILES string of the molecule is C#CCC(O)c1ccc(C)c(C)n1. The van der Waals surface area contributed by atoms with Crippen molar-refractivity contribution in [3.63, 3.8) is 0 Å². The van der Waals surface area contributed by atoms with Crippen LogP contribution in [0, 0.1) is 26.2 Å². The summed E-state index contributed by atoms with van der Waals surface area (Å²) < 4.78 is 0. The number of pyridine rings is 1. The van der Waals surface area contributed by atoms with Crippen LogP contribution in [0.4, 0.5) is 0 Å². The molecular weight excluding hydrogens is 162 g/mol. The summed E-state index contributed by atoms with van der Waals surface area (Å²) >= 11 is 0. The Morgan fingerprint density at radius 2 is 2.23 bits per heavy atom. The molecule has 0 amide bonds. The second-order valence-electron chi connectivity index (χ2n) is 3.06. The third-order valence-electron chi connectivity index (χ3n) is 2.02. The molecule has 1 aromatic heterocycles. The van der Waals surface area contributed by atoms with E-state index in [1.54, 1.807) is 0 Å². The smallest absolute Gasteiger partial charge is 0.107 e. The predicted octanol–water partition coefficient (Wildman–Crippen LogP) is 1.76. The predicted molar refractivity (Wildman–Crippen MR) is 52.1 cm³/mol. The topological polar surface area (TPSA) is 33.1 Å². The summed E-state index contributed by atoms with van der Waals surface area (Å²) in [6, 6.07) is 3.75. The highest BCUT2D eigenvalue weighted by Crippen LogP contribution is 2.15. The molecule has 0 aliphatic carbocycles. The van der Waals surface area contributed by atoms with Crippen LogP contribution in [-0.4, -0.2) is 10.1 Å². The lowest BCUT2D eigenvalue weighted by atomic mass is 10.1. The van der Waals surface area contributed by atoms with E-state index in [-0.39, 0.29) is 0 Å². The number of aliphatic hydroxyl groups excluding tert-OH is 1. The first-order valence-corrected chi connectivity index (χ1v) is 4.21. The van der Waals surface area contributed by atoms with E-state index in [2.05, 4.69) is 10.9 Å². The average molecular weight is 175 g/mol. The van der Waals surface area contributed by atoms with E-state index in [0.29, 0.717) is 12.1 Å². The molecule has 1 atom stereocenters. The Labute approximate surface area is 78.6 Å². The van der Waals surface area contributed by atoms with Gasteiger partial charge in [-0.05, 0) is 25.5 Å². The molecule has 0 saturated heterocycles. The molecule has 2 heteroatoms. The van der Waals surface area contributed by atoms with Crippen LogP contribution in [0.1, 0.15) is 29.5 Å². The van der Waals surface area contributed by atoms with E-state index in [0.717, 1.165) is 11.3 Å². The first kappa shape index (κ1) is 9.76. The Kier molecular flexibility index (Phi) is 3.05. The van der Waals surface area contributed by atoms with Crippen molar-refractivity contribution in [2.45, 2.75) is 26.4 Å². The van der Waals surface area contributed by atoms with Gasteiger partial charge in [0.2, 0.25) is 0 Å².